The minimum Gasteiger partial charge on any atom is -0.288 e. The SMILES string of the molecule is CC.CCC.Cc1ccc(-n2c(=O)c3cc4c(=O)[nH]c(=O)c4cc3c2=O)cc1. The lowest BCUT2D eigenvalue weighted by atomic mass is 10.1. The van der Waals surface area contributed by atoms with Crippen molar-refractivity contribution in [3.63, 3.8) is 0 Å². The minimum absolute atomic E-state index is 0.126. The van der Waals surface area contributed by atoms with E-state index in [9.17, 15) is 19.2 Å². The Labute approximate surface area is 161 Å². The van der Waals surface area contributed by atoms with Gasteiger partial charge in [-0.15, -0.1) is 0 Å². The molecule has 0 aliphatic carbocycles. The number of nitrogens with zero attached hydrogens (tertiary/aromatic N) is 1. The van der Waals surface area contributed by atoms with Gasteiger partial charge in [-0.1, -0.05) is 51.8 Å². The van der Waals surface area contributed by atoms with E-state index in [1.807, 2.05) is 20.8 Å². The van der Waals surface area contributed by atoms with Gasteiger partial charge in [0.1, 0.15) is 0 Å². The van der Waals surface area contributed by atoms with Gasteiger partial charge in [0.05, 0.1) is 27.2 Å². The number of fused-ring (bicyclic) bond motifs is 2. The number of aryl methyl sites for hydroxylation is 1. The number of nitrogens with one attached hydrogen (secondary N) is 1. The molecule has 146 valence electrons. The fraction of sp³-hybridized carbons (Fsp3) is 0.273. The molecule has 0 unspecified atom stereocenters. The number of H-pyrrole nitrogens is 1. The van der Waals surface area contributed by atoms with E-state index in [1.54, 1.807) is 24.3 Å². The Kier molecular flexibility index (Phi) is 6.46. The molecule has 2 aromatic carbocycles. The first-order chi connectivity index (χ1) is 13.4. The molecule has 0 saturated carbocycles. The van der Waals surface area contributed by atoms with E-state index in [1.165, 1.54) is 18.6 Å². The zero-order valence-electron chi connectivity index (χ0n) is 16.8. The summed E-state index contributed by atoms with van der Waals surface area (Å²) < 4.78 is 1.06. The first kappa shape index (κ1) is 21.0. The number of aromatic nitrogens is 2. The van der Waals surface area contributed by atoms with Crippen molar-refractivity contribution in [2.75, 3.05) is 0 Å². The number of benzene rings is 2. The standard InChI is InChI=1S/C17H10N2O4.C3H8.C2H6/c1-8-2-4-9(5-3-8)19-16(22)12-6-10-11(7-13(12)17(19)23)15(21)18-14(10)20;1-3-2;1-2/h2-7H,1H3,(H,18,20,21);3H2,1-2H3;1-2H3. The second-order valence-corrected chi connectivity index (χ2v) is 6.21. The van der Waals surface area contributed by atoms with Crippen molar-refractivity contribution in [1.82, 2.24) is 9.55 Å². The van der Waals surface area contributed by atoms with Crippen LogP contribution in [0.2, 0.25) is 0 Å². The summed E-state index contributed by atoms with van der Waals surface area (Å²) in [5, 5.41) is 0.527. The molecule has 0 aliphatic heterocycles. The number of aromatic amines is 1. The molecule has 28 heavy (non-hydrogen) atoms. The van der Waals surface area contributed by atoms with E-state index in [0.717, 1.165) is 10.1 Å². The van der Waals surface area contributed by atoms with Crippen LogP contribution in [0.3, 0.4) is 0 Å². The van der Waals surface area contributed by atoms with E-state index >= 15 is 0 Å². The topological polar surface area (TPSA) is 89.0 Å². The van der Waals surface area contributed by atoms with E-state index < -0.39 is 22.2 Å². The Bertz CT molecular complexity index is 1230. The highest BCUT2D eigenvalue weighted by Gasteiger charge is 2.17. The summed E-state index contributed by atoms with van der Waals surface area (Å²) in [6.45, 7) is 10.2. The zero-order valence-corrected chi connectivity index (χ0v) is 16.8. The largest absolute Gasteiger partial charge is 0.288 e. The maximum Gasteiger partial charge on any atom is 0.266 e. The molecule has 1 N–H and O–H groups in total. The smallest absolute Gasteiger partial charge is 0.266 e. The van der Waals surface area contributed by atoms with Gasteiger partial charge in [0.2, 0.25) is 0 Å². The van der Waals surface area contributed by atoms with Crippen LogP contribution in [0, 0.1) is 6.92 Å². The molecule has 4 aromatic rings. The number of rotatable bonds is 1. The van der Waals surface area contributed by atoms with Gasteiger partial charge in [-0.05, 0) is 31.2 Å². The van der Waals surface area contributed by atoms with E-state index in [0.29, 0.717) is 5.69 Å². The maximum absolute atomic E-state index is 12.6. The highest BCUT2D eigenvalue weighted by atomic mass is 16.2. The van der Waals surface area contributed by atoms with E-state index in [-0.39, 0.29) is 21.5 Å². The molecule has 6 nitrogen and oxygen atoms in total. The first-order valence-corrected chi connectivity index (χ1v) is 9.38. The van der Waals surface area contributed by atoms with Crippen LogP contribution < -0.4 is 22.2 Å². The van der Waals surface area contributed by atoms with Crippen LogP contribution in [0.5, 0.6) is 0 Å². The Morgan fingerprint density at radius 3 is 1.54 bits per heavy atom. The average Bonchev–Trinajstić information content (AvgIpc) is 3.10. The average molecular weight is 380 g/mol. The van der Waals surface area contributed by atoms with Crippen LogP contribution in [-0.4, -0.2) is 9.55 Å². The first-order valence-electron chi connectivity index (χ1n) is 9.38. The van der Waals surface area contributed by atoms with Crippen LogP contribution in [-0.2, 0) is 0 Å². The summed E-state index contributed by atoms with van der Waals surface area (Å²) in [7, 11) is 0. The minimum atomic E-state index is -0.554. The fourth-order valence-corrected chi connectivity index (χ4v) is 2.83. The number of hydrogen-bond donors (Lipinski definition) is 1. The van der Waals surface area contributed by atoms with Crippen molar-refractivity contribution in [2.24, 2.45) is 0 Å². The Hall–Kier alpha value is -3.28. The Morgan fingerprint density at radius 1 is 0.750 bits per heavy atom. The molecule has 0 bridgehead atoms. The molecule has 2 aromatic heterocycles. The van der Waals surface area contributed by atoms with Crippen molar-refractivity contribution in [1.29, 1.82) is 0 Å². The van der Waals surface area contributed by atoms with Crippen LogP contribution >= 0.6 is 0 Å². The molecule has 6 heteroatoms. The molecule has 0 saturated heterocycles. The molecule has 4 rings (SSSR count). The second kappa shape index (κ2) is 8.61. The third-order valence-corrected chi connectivity index (χ3v) is 4.03. The Balaban J connectivity index is 0.000000514. The highest BCUT2D eigenvalue weighted by Crippen LogP contribution is 2.15. The molecule has 0 spiro atoms. The lowest BCUT2D eigenvalue weighted by Gasteiger charge is -2.00. The van der Waals surface area contributed by atoms with E-state index in [2.05, 4.69) is 18.8 Å². The van der Waals surface area contributed by atoms with Crippen molar-refractivity contribution in [3.05, 3.63) is 83.4 Å². The fourth-order valence-electron chi connectivity index (χ4n) is 2.83. The van der Waals surface area contributed by atoms with Gasteiger partial charge in [0.15, 0.2) is 0 Å². The van der Waals surface area contributed by atoms with Crippen LogP contribution in [0.25, 0.3) is 27.2 Å². The predicted octanol–water partition coefficient (Wildman–Crippen LogP) is 3.18. The predicted molar refractivity (Wildman–Crippen MR) is 115 cm³/mol. The van der Waals surface area contributed by atoms with Crippen LogP contribution in [0.1, 0.15) is 39.7 Å². The quantitative estimate of drug-likeness (QED) is 0.549. The van der Waals surface area contributed by atoms with Crippen molar-refractivity contribution >= 4 is 21.5 Å². The normalized spacial score (nSPS) is 10.3. The summed E-state index contributed by atoms with van der Waals surface area (Å²) in [6, 6.07) is 9.61. The third-order valence-electron chi connectivity index (χ3n) is 4.03. The summed E-state index contributed by atoms with van der Waals surface area (Å²) >= 11 is 0. The van der Waals surface area contributed by atoms with Crippen molar-refractivity contribution < 1.29 is 0 Å². The summed E-state index contributed by atoms with van der Waals surface area (Å²) in [5.74, 6) is 0. The van der Waals surface area contributed by atoms with Gasteiger partial charge in [0, 0.05) is 0 Å². The van der Waals surface area contributed by atoms with Crippen LogP contribution in [0.4, 0.5) is 0 Å². The van der Waals surface area contributed by atoms with Gasteiger partial charge >= 0.3 is 0 Å². The third kappa shape index (κ3) is 3.58. The van der Waals surface area contributed by atoms with Gasteiger partial charge in [-0.3, -0.25) is 24.2 Å². The molecule has 0 aliphatic rings. The van der Waals surface area contributed by atoms with Gasteiger partial charge in [-0.2, -0.15) is 0 Å². The van der Waals surface area contributed by atoms with Gasteiger partial charge in [0.25, 0.3) is 22.2 Å². The summed E-state index contributed by atoms with van der Waals surface area (Å²) in [6.07, 6.45) is 1.25. The monoisotopic (exact) mass is 380 g/mol. The van der Waals surface area contributed by atoms with E-state index in [4.69, 9.17) is 0 Å². The molecular formula is C22H24N2O4. The van der Waals surface area contributed by atoms with Crippen molar-refractivity contribution in [2.45, 2.75) is 41.0 Å². The lowest BCUT2D eigenvalue weighted by molar-refractivity contribution is 0.990. The molecular weight excluding hydrogens is 356 g/mol. The van der Waals surface area contributed by atoms with Gasteiger partial charge < -0.3 is 0 Å². The maximum atomic E-state index is 12.6. The number of hydrogen-bond acceptors (Lipinski definition) is 4. The molecule has 0 fully saturated rings. The second-order valence-electron chi connectivity index (χ2n) is 6.21. The molecule has 2 heterocycles. The summed E-state index contributed by atoms with van der Waals surface area (Å²) in [4.78, 5) is 50.7. The van der Waals surface area contributed by atoms with Crippen molar-refractivity contribution in [3.8, 4) is 5.69 Å². The zero-order chi connectivity index (χ0) is 21.0. The summed E-state index contributed by atoms with van der Waals surface area (Å²) in [5.41, 5.74) is -0.638. The molecule has 0 atom stereocenters. The molecule has 0 radical (unpaired) electrons. The Morgan fingerprint density at radius 2 is 1.14 bits per heavy atom. The lowest BCUT2D eigenvalue weighted by Crippen LogP contribution is -2.23. The molecule has 0 amide bonds. The van der Waals surface area contributed by atoms with Crippen LogP contribution in [0.15, 0.2) is 55.6 Å². The van der Waals surface area contributed by atoms with Gasteiger partial charge in [-0.25, -0.2) is 4.57 Å². The highest BCUT2D eigenvalue weighted by molar-refractivity contribution is 5.97.